The van der Waals surface area contributed by atoms with Crippen LogP contribution in [0.25, 0.3) is 22.7 Å². The first-order chi connectivity index (χ1) is 8.65. The molecule has 0 radical (unpaired) electrons. The lowest BCUT2D eigenvalue weighted by molar-refractivity contribution is 0.613. The van der Waals surface area contributed by atoms with E-state index in [1.165, 1.54) is 6.07 Å². The van der Waals surface area contributed by atoms with Crippen LogP contribution in [0.2, 0.25) is 0 Å². The van der Waals surface area contributed by atoms with Crippen LogP contribution in [-0.4, -0.2) is 9.97 Å². The first kappa shape index (κ1) is 10.7. The molecule has 0 aliphatic carbocycles. The summed E-state index contributed by atoms with van der Waals surface area (Å²) < 4.78 is 18.9. The molecule has 2 N–H and O–H groups in total. The van der Waals surface area contributed by atoms with Gasteiger partial charge in [0.05, 0.1) is 11.3 Å². The first-order valence-electron chi connectivity index (χ1n) is 5.44. The Kier molecular flexibility index (Phi) is 2.26. The van der Waals surface area contributed by atoms with Crippen LogP contribution >= 0.6 is 0 Å². The number of nitrogen functional groups attached to an aromatic ring is 1. The SMILES string of the molecule is Cc1ccc2oc(-c3cccc(F)c3N)nc2n1. The molecule has 1 aromatic carbocycles. The monoisotopic (exact) mass is 243 g/mol. The van der Waals surface area contributed by atoms with Gasteiger partial charge in [-0.1, -0.05) is 6.07 Å². The number of oxazole rings is 1. The Morgan fingerprint density at radius 1 is 1.17 bits per heavy atom. The minimum Gasteiger partial charge on any atom is -0.434 e. The average molecular weight is 243 g/mol. The van der Waals surface area contributed by atoms with Gasteiger partial charge in [-0.2, -0.15) is 4.98 Å². The highest BCUT2D eigenvalue weighted by molar-refractivity contribution is 5.77. The number of benzene rings is 1. The van der Waals surface area contributed by atoms with E-state index >= 15 is 0 Å². The maximum atomic E-state index is 13.4. The van der Waals surface area contributed by atoms with Gasteiger partial charge < -0.3 is 10.2 Å². The molecule has 0 saturated carbocycles. The molecule has 4 nitrogen and oxygen atoms in total. The van der Waals surface area contributed by atoms with E-state index in [9.17, 15) is 4.39 Å². The quantitative estimate of drug-likeness (QED) is 0.667. The number of aromatic nitrogens is 2. The largest absolute Gasteiger partial charge is 0.434 e. The summed E-state index contributed by atoms with van der Waals surface area (Å²) in [7, 11) is 0. The molecule has 0 aliphatic heterocycles. The highest BCUT2D eigenvalue weighted by Gasteiger charge is 2.13. The molecular weight excluding hydrogens is 233 g/mol. The summed E-state index contributed by atoms with van der Waals surface area (Å²) in [5, 5.41) is 0. The van der Waals surface area contributed by atoms with Gasteiger partial charge in [0.25, 0.3) is 0 Å². The van der Waals surface area contributed by atoms with Crippen molar-refractivity contribution in [2.75, 3.05) is 5.73 Å². The minimum absolute atomic E-state index is 0.0285. The van der Waals surface area contributed by atoms with Crippen LogP contribution in [0.5, 0.6) is 0 Å². The number of hydrogen-bond acceptors (Lipinski definition) is 4. The third-order valence-electron chi connectivity index (χ3n) is 2.68. The van der Waals surface area contributed by atoms with Gasteiger partial charge in [-0.3, -0.25) is 0 Å². The molecule has 0 saturated heterocycles. The fourth-order valence-electron chi connectivity index (χ4n) is 1.75. The van der Waals surface area contributed by atoms with Crippen LogP contribution in [0.3, 0.4) is 0 Å². The molecule has 18 heavy (non-hydrogen) atoms. The smallest absolute Gasteiger partial charge is 0.231 e. The van der Waals surface area contributed by atoms with Gasteiger partial charge in [0, 0.05) is 5.69 Å². The number of para-hydroxylation sites is 1. The number of hydrogen-bond donors (Lipinski definition) is 1. The van der Waals surface area contributed by atoms with Gasteiger partial charge in [0.15, 0.2) is 11.2 Å². The lowest BCUT2D eigenvalue weighted by Crippen LogP contribution is -1.94. The standard InChI is InChI=1S/C13H10FN3O/c1-7-5-6-10-12(16-7)17-13(18-10)8-3-2-4-9(14)11(8)15/h2-6H,15H2,1H3. The molecule has 0 atom stereocenters. The van der Waals surface area contributed by atoms with Crippen LogP contribution in [-0.2, 0) is 0 Å². The number of rotatable bonds is 1. The number of nitrogens with two attached hydrogens (primary N) is 1. The lowest BCUT2D eigenvalue weighted by atomic mass is 10.2. The maximum absolute atomic E-state index is 13.4. The van der Waals surface area contributed by atoms with Gasteiger partial charge in [0.1, 0.15) is 5.82 Å². The molecule has 0 bridgehead atoms. The van der Waals surface area contributed by atoms with Crippen molar-refractivity contribution >= 4 is 16.9 Å². The van der Waals surface area contributed by atoms with E-state index in [1.807, 2.05) is 13.0 Å². The van der Waals surface area contributed by atoms with Crippen LogP contribution in [0.1, 0.15) is 5.69 Å². The van der Waals surface area contributed by atoms with E-state index in [-0.39, 0.29) is 11.6 Å². The number of anilines is 1. The van der Waals surface area contributed by atoms with Crippen molar-refractivity contribution in [2.24, 2.45) is 0 Å². The fraction of sp³-hybridized carbons (Fsp3) is 0.0769. The minimum atomic E-state index is -0.487. The highest BCUT2D eigenvalue weighted by Crippen LogP contribution is 2.29. The number of aryl methyl sites for hydroxylation is 1. The van der Waals surface area contributed by atoms with E-state index < -0.39 is 5.82 Å². The molecule has 3 rings (SSSR count). The third kappa shape index (κ3) is 1.60. The van der Waals surface area contributed by atoms with Gasteiger partial charge in [-0.05, 0) is 31.2 Å². The molecule has 0 spiro atoms. The number of fused-ring (bicyclic) bond motifs is 1. The molecule has 0 aliphatic rings. The summed E-state index contributed by atoms with van der Waals surface area (Å²) in [5.41, 5.74) is 8.03. The normalized spacial score (nSPS) is 11.0. The predicted molar refractivity (Wildman–Crippen MR) is 66.3 cm³/mol. The Morgan fingerprint density at radius 3 is 2.83 bits per heavy atom. The first-order valence-corrected chi connectivity index (χ1v) is 5.44. The van der Waals surface area contributed by atoms with Gasteiger partial charge in [-0.25, -0.2) is 9.37 Å². The Balaban J connectivity index is 2.22. The number of pyridine rings is 1. The zero-order valence-corrected chi connectivity index (χ0v) is 9.64. The Bertz CT molecular complexity index is 736. The average Bonchev–Trinajstić information content (AvgIpc) is 2.75. The molecule has 90 valence electrons. The van der Waals surface area contributed by atoms with E-state index in [0.717, 1.165) is 5.69 Å². The Labute approximate surface area is 102 Å². The molecule has 5 heteroatoms. The highest BCUT2D eigenvalue weighted by atomic mass is 19.1. The molecule has 3 aromatic rings. The zero-order chi connectivity index (χ0) is 12.7. The topological polar surface area (TPSA) is 64.9 Å². The Hall–Kier alpha value is -2.43. The van der Waals surface area contributed by atoms with E-state index in [2.05, 4.69) is 9.97 Å². The van der Waals surface area contributed by atoms with Crippen molar-refractivity contribution in [3.8, 4) is 11.5 Å². The molecular formula is C13H10FN3O. The maximum Gasteiger partial charge on any atom is 0.231 e. The van der Waals surface area contributed by atoms with Crippen molar-refractivity contribution in [1.82, 2.24) is 9.97 Å². The van der Waals surface area contributed by atoms with E-state index in [4.69, 9.17) is 10.2 Å². The van der Waals surface area contributed by atoms with Crippen molar-refractivity contribution in [2.45, 2.75) is 6.92 Å². The predicted octanol–water partition coefficient (Wildman–Crippen LogP) is 2.92. The second kappa shape index (κ2) is 3.80. The van der Waals surface area contributed by atoms with Crippen molar-refractivity contribution < 1.29 is 8.81 Å². The van der Waals surface area contributed by atoms with Crippen LogP contribution in [0.15, 0.2) is 34.7 Å². The van der Waals surface area contributed by atoms with E-state index in [0.29, 0.717) is 16.8 Å². The summed E-state index contributed by atoms with van der Waals surface area (Å²) in [6.07, 6.45) is 0. The zero-order valence-electron chi connectivity index (χ0n) is 9.64. The third-order valence-corrected chi connectivity index (χ3v) is 2.68. The molecule has 0 fully saturated rings. The van der Waals surface area contributed by atoms with E-state index in [1.54, 1.807) is 18.2 Å². The van der Waals surface area contributed by atoms with Gasteiger partial charge in [0.2, 0.25) is 5.89 Å². The van der Waals surface area contributed by atoms with Crippen molar-refractivity contribution in [3.63, 3.8) is 0 Å². The molecule has 0 amide bonds. The summed E-state index contributed by atoms with van der Waals surface area (Å²) >= 11 is 0. The van der Waals surface area contributed by atoms with Crippen molar-refractivity contribution in [1.29, 1.82) is 0 Å². The summed E-state index contributed by atoms with van der Waals surface area (Å²) in [5.74, 6) is -0.209. The molecule has 2 heterocycles. The fourth-order valence-corrected chi connectivity index (χ4v) is 1.75. The molecule has 2 aromatic heterocycles. The van der Waals surface area contributed by atoms with Gasteiger partial charge in [-0.15, -0.1) is 0 Å². The van der Waals surface area contributed by atoms with Crippen LogP contribution in [0.4, 0.5) is 10.1 Å². The van der Waals surface area contributed by atoms with Crippen molar-refractivity contribution in [3.05, 3.63) is 41.8 Å². The number of nitrogens with zero attached hydrogens (tertiary/aromatic N) is 2. The lowest BCUT2D eigenvalue weighted by Gasteiger charge is -2.00. The second-order valence-corrected chi connectivity index (χ2v) is 3.99. The number of halogens is 1. The van der Waals surface area contributed by atoms with Crippen LogP contribution in [0, 0.1) is 12.7 Å². The molecule has 0 unspecified atom stereocenters. The van der Waals surface area contributed by atoms with Crippen LogP contribution < -0.4 is 5.73 Å². The summed E-state index contributed by atoms with van der Waals surface area (Å²) in [4.78, 5) is 8.46. The summed E-state index contributed by atoms with van der Waals surface area (Å²) in [6, 6.07) is 8.13. The summed E-state index contributed by atoms with van der Waals surface area (Å²) in [6.45, 7) is 1.87. The second-order valence-electron chi connectivity index (χ2n) is 3.99. The van der Waals surface area contributed by atoms with Gasteiger partial charge >= 0.3 is 0 Å². The Morgan fingerprint density at radius 2 is 2.00 bits per heavy atom.